The van der Waals surface area contributed by atoms with Gasteiger partial charge >= 0.3 is 0 Å². The zero-order valence-electron chi connectivity index (χ0n) is 5.37. The average Bonchev–Trinajstić information content (AvgIpc) is 2.10. The largest absolute Gasteiger partial charge is 0.389 e. The number of hydrogen-bond acceptors (Lipinski definition) is 3. The van der Waals surface area contributed by atoms with Crippen LogP contribution in [0, 0.1) is 0 Å². The topological polar surface area (TPSA) is 41.5 Å². The first-order valence-electron chi connectivity index (χ1n) is 2.96. The van der Waals surface area contributed by atoms with E-state index in [0.29, 0.717) is 6.42 Å². The van der Waals surface area contributed by atoms with Crippen LogP contribution in [0.3, 0.4) is 0 Å². The summed E-state index contributed by atoms with van der Waals surface area (Å²) in [5.74, 6) is -0.120. The van der Waals surface area contributed by atoms with E-state index in [1.807, 2.05) is 0 Å². The molecule has 9 heavy (non-hydrogen) atoms. The molecule has 1 heterocycles. The second-order valence-electron chi connectivity index (χ2n) is 2.23. The minimum atomic E-state index is -0.454. The first kappa shape index (κ1) is 7.06. The van der Waals surface area contributed by atoms with Crippen LogP contribution >= 0.6 is 0 Å². The number of methoxy groups -OCH3 is 1. The fourth-order valence-corrected chi connectivity index (χ4v) is 0.999. The predicted octanol–water partition coefficient (Wildman–Crippen LogP) is -1.19. The van der Waals surface area contributed by atoms with Gasteiger partial charge in [0.15, 0.2) is 0 Å². The van der Waals surface area contributed by atoms with E-state index in [0.717, 1.165) is 0 Å². The zero-order chi connectivity index (χ0) is 6.85. The van der Waals surface area contributed by atoms with Crippen LogP contribution in [0.4, 0.5) is 0 Å². The van der Waals surface area contributed by atoms with E-state index < -0.39 is 6.10 Å². The summed E-state index contributed by atoms with van der Waals surface area (Å²) in [6.07, 6.45) is -0.164. The molecule has 3 unspecified atom stereocenters. The maximum Gasteiger partial charge on any atom is 0.133 e. The van der Waals surface area contributed by atoms with Crippen molar-refractivity contribution in [2.24, 2.45) is 0 Å². The number of aliphatic hydroxyl groups is 1. The zero-order valence-corrected chi connectivity index (χ0v) is 5.37. The van der Waals surface area contributed by atoms with Gasteiger partial charge in [-0.25, -0.2) is 0 Å². The Labute approximate surface area is 55.8 Å². The fraction of sp³-hybridized carbons (Fsp3) is 1.00. The van der Waals surface area contributed by atoms with Crippen LogP contribution in [0.25, 0.3) is 0 Å². The van der Waals surface area contributed by atoms with Crippen LogP contribution in [0.15, 0.2) is 0 Å². The summed E-state index contributed by atoms with van der Waals surface area (Å²) in [5.41, 5.74) is 0. The standard InChI is InChI=1S/C5H10BNO2/c1-9-5-3(8)2-4(6)7-5/h3-5,7-8H,2H2,1H3. The Morgan fingerprint density at radius 1 is 1.78 bits per heavy atom. The first-order valence-corrected chi connectivity index (χ1v) is 2.96. The minimum Gasteiger partial charge on any atom is -0.389 e. The van der Waals surface area contributed by atoms with Crippen LogP contribution in [0.2, 0.25) is 0 Å². The summed E-state index contributed by atoms with van der Waals surface area (Å²) in [6.45, 7) is 0. The van der Waals surface area contributed by atoms with E-state index in [1.54, 1.807) is 7.11 Å². The monoisotopic (exact) mass is 127 g/mol. The summed E-state index contributed by atoms with van der Waals surface area (Å²) < 4.78 is 4.85. The van der Waals surface area contributed by atoms with E-state index in [1.165, 1.54) is 0 Å². The fourth-order valence-electron chi connectivity index (χ4n) is 0.999. The van der Waals surface area contributed by atoms with Gasteiger partial charge in [-0.05, 0) is 12.4 Å². The highest BCUT2D eigenvalue weighted by Crippen LogP contribution is 2.10. The predicted molar refractivity (Wildman–Crippen MR) is 34.1 cm³/mol. The van der Waals surface area contributed by atoms with E-state index >= 15 is 0 Å². The lowest BCUT2D eigenvalue weighted by atomic mass is 9.95. The summed E-state index contributed by atoms with van der Waals surface area (Å²) >= 11 is 0. The third kappa shape index (κ3) is 1.44. The first-order chi connectivity index (χ1) is 4.24. The SMILES string of the molecule is [B]C1CC(O)C(OC)N1. The lowest BCUT2D eigenvalue weighted by Gasteiger charge is -2.11. The van der Waals surface area contributed by atoms with Crippen molar-refractivity contribution in [1.82, 2.24) is 5.32 Å². The highest BCUT2D eigenvalue weighted by molar-refractivity contribution is 6.11. The van der Waals surface area contributed by atoms with Gasteiger partial charge in [0, 0.05) is 7.11 Å². The van der Waals surface area contributed by atoms with Crippen molar-refractivity contribution in [3.63, 3.8) is 0 Å². The van der Waals surface area contributed by atoms with Crippen LogP contribution in [0.1, 0.15) is 6.42 Å². The molecular weight excluding hydrogens is 117 g/mol. The molecule has 1 aliphatic rings. The maximum atomic E-state index is 9.09. The van der Waals surface area contributed by atoms with Crippen molar-refractivity contribution in [1.29, 1.82) is 0 Å². The minimum absolute atomic E-state index is 0.120. The molecule has 3 atom stereocenters. The Morgan fingerprint density at radius 2 is 2.44 bits per heavy atom. The summed E-state index contributed by atoms with van der Waals surface area (Å²) in [7, 11) is 6.98. The third-order valence-corrected chi connectivity index (χ3v) is 1.48. The molecule has 0 spiro atoms. The van der Waals surface area contributed by atoms with Crippen molar-refractivity contribution in [2.75, 3.05) is 7.11 Å². The van der Waals surface area contributed by atoms with Gasteiger partial charge in [0.2, 0.25) is 0 Å². The molecule has 3 nitrogen and oxygen atoms in total. The van der Waals surface area contributed by atoms with E-state index in [9.17, 15) is 0 Å². The molecule has 0 amide bonds. The van der Waals surface area contributed by atoms with Gasteiger partial charge in [-0.2, -0.15) is 0 Å². The molecule has 0 aromatic heterocycles. The van der Waals surface area contributed by atoms with Crippen molar-refractivity contribution in [3.8, 4) is 0 Å². The third-order valence-electron chi connectivity index (χ3n) is 1.48. The Morgan fingerprint density at radius 3 is 2.67 bits per heavy atom. The number of nitrogens with one attached hydrogen (secondary N) is 1. The number of hydrogen-bond donors (Lipinski definition) is 2. The Hall–Kier alpha value is -0.0551. The molecule has 0 saturated carbocycles. The van der Waals surface area contributed by atoms with Crippen LogP contribution < -0.4 is 5.32 Å². The van der Waals surface area contributed by atoms with Crippen LogP contribution in [0.5, 0.6) is 0 Å². The van der Waals surface area contributed by atoms with Gasteiger partial charge < -0.3 is 9.84 Å². The molecule has 0 bridgehead atoms. The molecule has 0 aromatic rings. The molecular formula is C5H10BNO2. The van der Waals surface area contributed by atoms with Gasteiger partial charge in [0.05, 0.1) is 14.0 Å². The second-order valence-corrected chi connectivity index (χ2v) is 2.23. The van der Waals surface area contributed by atoms with Crippen molar-refractivity contribution >= 4 is 7.85 Å². The van der Waals surface area contributed by atoms with Crippen molar-refractivity contribution in [3.05, 3.63) is 0 Å². The van der Waals surface area contributed by atoms with Gasteiger partial charge in [0.25, 0.3) is 0 Å². The summed E-state index contributed by atoms with van der Waals surface area (Å²) in [4.78, 5) is 0. The highest BCUT2D eigenvalue weighted by Gasteiger charge is 2.28. The molecule has 2 N–H and O–H groups in total. The van der Waals surface area contributed by atoms with Gasteiger partial charge in [-0.3, -0.25) is 5.32 Å². The normalized spacial score (nSPS) is 43.6. The smallest absolute Gasteiger partial charge is 0.133 e. The van der Waals surface area contributed by atoms with E-state index in [-0.39, 0.29) is 12.2 Å². The summed E-state index contributed by atoms with van der Waals surface area (Å²) in [5, 5.41) is 12.0. The number of aliphatic hydroxyl groups excluding tert-OH is 1. The Bertz CT molecular complexity index is 101. The molecule has 0 aliphatic carbocycles. The molecule has 1 aliphatic heterocycles. The van der Waals surface area contributed by atoms with Gasteiger partial charge in [0.1, 0.15) is 6.23 Å². The van der Waals surface area contributed by atoms with Crippen molar-refractivity contribution in [2.45, 2.75) is 24.7 Å². The molecule has 0 aromatic carbocycles. The molecule has 4 heteroatoms. The lowest BCUT2D eigenvalue weighted by Crippen LogP contribution is -2.34. The molecule has 2 radical (unpaired) electrons. The lowest BCUT2D eigenvalue weighted by molar-refractivity contribution is -0.00229. The molecule has 1 fully saturated rings. The Balaban J connectivity index is 2.38. The van der Waals surface area contributed by atoms with Gasteiger partial charge in [-0.15, -0.1) is 0 Å². The molecule has 1 saturated heterocycles. The second kappa shape index (κ2) is 2.69. The van der Waals surface area contributed by atoms with Gasteiger partial charge in [-0.1, -0.05) is 0 Å². The highest BCUT2D eigenvalue weighted by atomic mass is 16.5. The summed E-state index contributed by atoms with van der Waals surface area (Å²) in [6, 6.07) is 0. The number of ether oxygens (including phenoxy) is 1. The molecule has 1 rings (SSSR count). The number of rotatable bonds is 1. The average molecular weight is 127 g/mol. The van der Waals surface area contributed by atoms with E-state index in [2.05, 4.69) is 5.32 Å². The Kier molecular flexibility index (Phi) is 2.11. The van der Waals surface area contributed by atoms with Crippen LogP contribution in [-0.4, -0.2) is 38.3 Å². The van der Waals surface area contributed by atoms with Crippen LogP contribution in [-0.2, 0) is 4.74 Å². The molecule has 50 valence electrons. The quantitative estimate of drug-likeness (QED) is 0.435. The van der Waals surface area contributed by atoms with E-state index in [4.69, 9.17) is 17.7 Å². The van der Waals surface area contributed by atoms with Crippen molar-refractivity contribution < 1.29 is 9.84 Å². The maximum absolute atomic E-state index is 9.09.